The number of ether oxygens (including phenoxy) is 5. The predicted octanol–water partition coefficient (Wildman–Crippen LogP) is 5.06. The number of hydrogen-bond acceptors (Lipinski definition) is 6. The highest BCUT2D eigenvalue weighted by Crippen LogP contribution is 2.46. The van der Waals surface area contributed by atoms with Gasteiger partial charge < -0.3 is 23.7 Å². The molecule has 0 spiro atoms. The molecular weight excluding hydrogens is 418 g/mol. The van der Waals surface area contributed by atoms with Crippen molar-refractivity contribution in [3.63, 3.8) is 0 Å². The Labute approximate surface area is 194 Å². The van der Waals surface area contributed by atoms with Crippen LogP contribution >= 0.6 is 0 Å². The molecule has 6 nitrogen and oxygen atoms in total. The Balaban J connectivity index is 1.86. The third-order valence-corrected chi connectivity index (χ3v) is 5.93. The highest BCUT2D eigenvalue weighted by atomic mass is 16.5. The maximum absolute atomic E-state index is 5.84. The standard InChI is InChI=1S/C27H29NO5/c1-29-22-12-11-17(14-23(22)30-2)13-21-25-19(15-20(28-21)18-9-7-6-8-10-18)16-24(31-3)26(32-4)27(25)33-5/h6-12,14,16,20H,13,15H2,1-5H3. The topological polar surface area (TPSA) is 58.5 Å². The molecule has 1 heterocycles. The molecule has 6 heteroatoms. The summed E-state index contributed by atoms with van der Waals surface area (Å²) in [6.07, 6.45) is 1.34. The summed E-state index contributed by atoms with van der Waals surface area (Å²) in [5, 5.41) is 0. The highest BCUT2D eigenvalue weighted by molar-refractivity contribution is 6.07. The first-order valence-electron chi connectivity index (χ1n) is 10.8. The summed E-state index contributed by atoms with van der Waals surface area (Å²) in [6, 6.07) is 18.3. The number of nitrogens with zero attached hydrogens (tertiary/aromatic N) is 1. The molecule has 0 fully saturated rings. The monoisotopic (exact) mass is 447 g/mol. The molecule has 0 bridgehead atoms. The summed E-state index contributed by atoms with van der Waals surface area (Å²) in [6.45, 7) is 0. The molecule has 1 aliphatic rings. The van der Waals surface area contributed by atoms with Crippen LogP contribution < -0.4 is 23.7 Å². The van der Waals surface area contributed by atoms with Crippen LogP contribution in [0.2, 0.25) is 0 Å². The van der Waals surface area contributed by atoms with Crippen LogP contribution in [0.15, 0.2) is 59.6 Å². The minimum atomic E-state index is -0.00310. The Kier molecular flexibility index (Phi) is 6.73. The molecule has 3 aromatic rings. The third-order valence-electron chi connectivity index (χ3n) is 5.93. The zero-order valence-corrected chi connectivity index (χ0v) is 19.7. The van der Waals surface area contributed by atoms with E-state index in [1.807, 2.05) is 42.5 Å². The van der Waals surface area contributed by atoms with Gasteiger partial charge in [0.05, 0.1) is 47.3 Å². The first-order valence-corrected chi connectivity index (χ1v) is 10.8. The summed E-state index contributed by atoms with van der Waals surface area (Å²) >= 11 is 0. The molecule has 0 radical (unpaired) electrons. The highest BCUT2D eigenvalue weighted by Gasteiger charge is 2.30. The van der Waals surface area contributed by atoms with Crippen molar-refractivity contribution in [3.8, 4) is 28.7 Å². The number of rotatable bonds is 8. The Morgan fingerprint density at radius 1 is 0.727 bits per heavy atom. The van der Waals surface area contributed by atoms with Gasteiger partial charge in [0.1, 0.15) is 0 Å². The van der Waals surface area contributed by atoms with Crippen LogP contribution in [-0.2, 0) is 12.8 Å². The van der Waals surface area contributed by atoms with Crippen LogP contribution in [0.3, 0.4) is 0 Å². The molecule has 4 rings (SSSR count). The number of fused-ring (bicyclic) bond motifs is 1. The smallest absolute Gasteiger partial charge is 0.203 e. The number of aliphatic imine (C=N–C) groups is 1. The van der Waals surface area contributed by atoms with Gasteiger partial charge in [0.15, 0.2) is 23.0 Å². The van der Waals surface area contributed by atoms with E-state index in [0.29, 0.717) is 35.2 Å². The van der Waals surface area contributed by atoms with Gasteiger partial charge in [0.2, 0.25) is 5.75 Å². The van der Waals surface area contributed by atoms with Crippen molar-refractivity contribution in [1.82, 2.24) is 0 Å². The van der Waals surface area contributed by atoms with Gasteiger partial charge >= 0.3 is 0 Å². The van der Waals surface area contributed by atoms with E-state index >= 15 is 0 Å². The number of methoxy groups -OCH3 is 5. The second kappa shape index (κ2) is 9.86. The van der Waals surface area contributed by atoms with E-state index < -0.39 is 0 Å². The fraction of sp³-hybridized carbons (Fsp3) is 0.296. The largest absolute Gasteiger partial charge is 0.493 e. The maximum Gasteiger partial charge on any atom is 0.203 e. The lowest BCUT2D eigenvalue weighted by atomic mass is 9.87. The molecule has 0 saturated carbocycles. The van der Waals surface area contributed by atoms with Gasteiger partial charge in [-0.05, 0) is 41.3 Å². The van der Waals surface area contributed by atoms with E-state index in [1.165, 1.54) is 5.56 Å². The molecule has 33 heavy (non-hydrogen) atoms. The second-order valence-electron chi connectivity index (χ2n) is 7.75. The lowest BCUT2D eigenvalue weighted by Crippen LogP contribution is -2.20. The summed E-state index contributed by atoms with van der Waals surface area (Å²) in [4.78, 5) is 5.19. The molecule has 0 saturated heterocycles. The Morgan fingerprint density at radius 2 is 1.42 bits per heavy atom. The van der Waals surface area contributed by atoms with Crippen LogP contribution in [0, 0.1) is 0 Å². The van der Waals surface area contributed by atoms with E-state index in [1.54, 1.807) is 35.5 Å². The minimum Gasteiger partial charge on any atom is -0.493 e. The molecule has 0 aliphatic carbocycles. The van der Waals surface area contributed by atoms with Crippen LogP contribution in [0.5, 0.6) is 28.7 Å². The second-order valence-corrected chi connectivity index (χ2v) is 7.75. The Morgan fingerprint density at radius 3 is 2.06 bits per heavy atom. The van der Waals surface area contributed by atoms with Gasteiger partial charge in [-0.25, -0.2) is 0 Å². The first-order chi connectivity index (χ1) is 16.1. The van der Waals surface area contributed by atoms with Crippen LogP contribution in [0.1, 0.15) is 28.3 Å². The van der Waals surface area contributed by atoms with Crippen molar-refractivity contribution in [2.24, 2.45) is 4.99 Å². The number of benzene rings is 3. The van der Waals surface area contributed by atoms with Crippen LogP contribution in [-0.4, -0.2) is 41.3 Å². The van der Waals surface area contributed by atoms with Crippen molar-refractivity contribution >= 4 is 5.71 Å². The molecule has 172 valence electrons. The van der Waals surface area contributed by atoms with Gasteiger partial charge in [-0.1, -0.05) is 36.4 Å². The fourth-order valence-electron chi connectivity index (χ4n) is 4.38. The van der Waals surface area contributed by atoms with Crippen molar-refractivity contribution < 1.29 is 23.7 Å². The van der Waals surface area contributed by atoms with Gasteiger partial charge in [0, 0.05) is 12.0 Å². The van der Waals surface area contributed by atoms with E-state index in [0.717, 1.165) is 28.8 Å². The van der Waals surface area contributed by atoms with Crippen molar-refractivity contribution in [3.05, 3.63) is 76.9 Å². The van der Waals surface area contributed by atoms with E-state index in [4.69, 9.17) is 28.7 Å². The van der Waals surface area contributed by atoms with Crippen LogP contribution in [0.25, 0.3) is 0 Å². The minimum absolute atomic E-state index is 0.00310. The summed E-state index contributed by atoms with van der Waals surface area (Å²) in [5.74, 6) is 3.23. The molecule has 1 unspecified atom stereocenters. The lowest BCUT2D eigenvalue weighted by Gasteiger charge is -2.27. The SMILES string of the molecule is COc1ccc(CC2=NC(c3ccccc3)Cc3cc(OC)c(OC)c(OC)c32)cc1OC. The number of hydrogen-bond donors (Lipinski definition) is 0. The lowest BCUT2D eigenvalue weighted by molar-refractivity contribution is 0.323. The molecule has 3 aromatic carbocycles. The normalized spacial score (nSPS) is 14.7. The van der Waals surface area contributed by atoms with Crippen molar-refractivity contribution in [1.29, 1.82) is 0 Å². The van der Waals surface area contributed by atoms with E-state index in [2.05, 4.69) is 12.1 Å². The molecule has 0 N–H and O–H groups in total. The van der Waals surface area contributed by atoms with Gasteiger partial charge in [-0.15, -0.1) is 0 Å². The zero-order valence-electron chi connectivity index (χ0n) is 19.7. The first kappa shape index (κ1) is 22.5. The van der Waals surface area contributed by atoms with Gasteiger partial charge in [0.25, 0.3) is 0 Å². The quantitative estimate of drug-likeness (QED) is 0.483. The third kappa shape index (κ3) is 4.33. The van der Waals surface area contributed by atoms with Crippen molar-refractivity contribution in [2.45, 2.75) is 18.9 Å². The van der Waals surface area contributed by atoms with E-state index in [9.17, 15) is 0 Å². The average molecular weight is 448 g/mol. The molecule has 0 amide bonds. The van der Waals surface area contributed by atoms with Gasteiger partial charge in [-0.3, -0.25) is 4.99 Å². The van der Waals surface area contributed by atoms with Gasteiger partial charge in [-0.2, -0.15) is 0 Å². The summed E-state index contributed by atoms with van der Waals surface area (Å²) in [5.41, 5.74) is 5.22. The summed E-state index contributed by atoms with van der Waals surface area (Å²) < 4.78 is 28.0. The molecule has 0 aromatic heterocycles. The van der Waals surface area contributed by atoms with E-state index in [-0.39, 0.29) is 6.04 Å². The fourth-order valence-corrected chi connectivity index (χ4v) is 4.38. The molecular formula is C27H29NO5. The van der Waals surface area contributed by atoms with Crippen molar-refractivity contribution in [2.75, 3.05) is 35.5 Å². The zero-order chi connectivity index (χ0) is 23.4. The Hall–Kier alpha value is -3.67. The predicted molar refractivity (Wildman–Crippen MR) is 129 cm³/mol. The maximum atomic E-state index is 5.84. The molecule has 1 atom stereocenters. The molecule has 1 aliphatic heterocycles. The van der Waals surface area contributed by atoms with Crippen LogP contribution in [0.4, 0.5) is 0 Å². The Bertz CT molecular complexity index is 1160. The average Bonchev–Trinajstić information content (AvgIpc) is 2.87. The summed E-state index contributed by atoms with van der Waals surface area (Å²) in [7, 11) is 8.18.